The molecule has 0 atom stereocenters. The molecule has 5 heteroatoms. The first kappa shape index (κ1) is 17.9. The van der Waals surface area contributed by atoms with Gasteiger partial charge in [-0.05, 0) is 56.4 Å². The monoisotopic (exact) mass is 343 g/mol. The second-order valence-electron chi connectivity index (χ2n) is 7.46. The van der Waals surface area contributed by atoms with Crippen molar-refractivity contribution in [2.24, 2.45) is 5.92 Å². The number of amides is 2. The molecule has 2 heterocycles. The Bertz CT molecular complexity index is 591. The maximum atomic E-state index is 12.1. The molecule has 0 unspecified atom stereocenters. The van der Waals surface area contributed by atoms with Gasteiger partial charge < -0.3 is 15.1 Å². The quantitative estimate of drug-likeness (QED) is 0.861. The van der Waals surface area contributed by atoms with Crippen LogP contribution in [0.3, 0.4) is 0 Å². The van der Waals surface area contributed by atoms with Crippen molar-refractivity contribution in [2.75, 3.05) is 26.7 Å². The number of benzene rings is 1. The molecule has 136 valence electrons. The first-order chi connectivity index (χ1) is 12.1. The van der Waals surface area contributed by atoms with Crippen molar-refractivity contribution in [3.63, 3.8) is 0 Å². The molecule has 0 aliphatic carbocycles. The summed E-state index contributed by atoms with van der Waals surface area (Å²) in [5.74, 6) is 0.933. The van der Waals surface area contributed by atoms with Crippen molar-refractivity contribution >= 4 is 11.8 Å². The Morgan fingerprint density at radius 1 is 1.12 bits per heavy atom. The molecule has 1 aromatic carbocycles. The molecular weight excluding hydrogens is 314 g/mol. The molecule has 0 radical (unpaired) electrons. The van der Waals surface area contributed by atoms with Crippen LogP contribution in [0.2, 0.25) is 0 Å². The average molecular weight is 343 g/mol. The van der Waals surface area contributed by atoms with Crippen LogP contribution in [0.25, 0.3) is 0 Å². The summed E-state index contributed by atoms with van der Waals surface area (Å²) in [6.07, 6.45) is 4.53. The number of carbonyl (C=O) groups excluding carboxylic acids is 2. The van der Waals surface area contributed by atoms with Crippen molar-refractivity contribution in [3.8, 4) is 0 Å². The molecule has 2 fully saturated rings. The minimum atomic E-state index is 0.154. The van der Waals surface area contributed by atoms with Gasteiger partial charge in [0.25, 0.3) is 0 Å². The van der Waals surface area contributed by atoms with Gasteiger partial charge in [0, 0.05) is 32.5 Å². The van der Waals surface area contributed by atoms with E-state index in [1.807, 2.05) is 17.0 Å². The van der Waals surface area contributed by atoms with Crippen molar-refractivity contribution < 1.29 is 9.59 Å². The molecule has 1 N–H and O–H groups in total. The lowest BCUT2D eigenvalue weighted by molar-refractivity contribution is -0.128. The van der Waals surface area contributed by atoms with Crippen LogP contribution in [-0.2, 0) is 22.7 Å². The third-order valence-corrected chi connectivity index (χ3v) is 5.37. The van der Waals surface area contributed by atoms with E-state index in [-0.39, 0.29) is 11.8 Å². The summed E-state index contributed by atoms with van der Waals surface area (Å²) in [5.41, 5.74) is 2.25. The smallest absolute Gasteiger partial charge is 0.222 e. The molecule has 1 aromatic rings. The van der Waals surface area contributed by atoms with Crippen molar-refractivity contribution in [2.45, 2.75) is 45.2 Å². The van der Waals surface area contributed by atoms with E-state index < -0.39 is 0 Å². The van der Waals surface area contributed by atoms with Gasteiger partial charge >= 0.3 is 0 Å². The van der Waals surface area contributed by atoms with Crippen molar-refractivity contribution in [3.05, 3.63) is 35.4 Å². The number of likely N-dealkylation sites (tertiary alicyclic amines) is 2. The minimum absolute atomic E-state index is 0.154. The summed E-state index contributed by atoms with van der Waals surface area (Å²) in [7, 11) is 2.14. The summed E-state index contributed by atoms with van der Waals surface area (Å²) in [6.45, 7) is 4.33. The van der Waals surface area contributed by atoms with E-state index in [9.17, 15) is 9.59 Å². The third-order valence-electron chi connectivity index (χ3n) is 5.37. The van der Waals surface area contributed by atoms with Crippen LogP contribution < -0.4 is 5.32 Å². The summed E-state index contributed by atoms with van der Waals surface area (Å²) in [5, 5.41) is 3.04. The number of hydrogen-bond acceptors (Lipinski definition) is 3. The van der Waals surface area contributed by atoms with Gasteiger partial charge in [-0.1, -0.05) is 24.3 Å². The van der Waals surface area contributed by atoms with E-state index in [0.29, 0.717) is 31.8 Å². The Kier molecular flexibility index (Phi) is 6.08. The average Bonchev–Trinajstić information content (AvgIpc) is 3.01. The van der Waals surface area contributed by atoms with Crippen LogP contribution in [0.4, 0.5) is 0 Å². The highest BCUT2D eigenvalue weighted by atomic mass is 16.2. The molecule has 25 heavy (non-hydrogen) atoms. The Labute approximate surface area is 150 Å². The number of rotatable bonds is 6. The molecule has 3 rings (SSSR count). The fraction of sp³-hybridized carbons (Fsp3) is 0.600. The predicted molar refractivity (Wildman–Crippen MR) is 97.8 cm³/mol. The second-order valence-corrected chi connectivity index (χ2v) is 7.46. The number of piperidine rings is 1. The standard InChI is InChI=1S/C20H29N3O2/c1-22-11-8-16(9-12-22)13-19(24)21-14-17-4-6-18(7-5-17)15-23-10-2-3-20(23)25/h4-7,16H,2-3,8-15H2,1H3,(H,21,24). The molecule has 0 spiro atoms. The summed E-state index contributed by atoms with van der Waals surface area (Å²) in [6, 6.07) is 8.21. The number of nitrogens with one attached hydrogen (secondary N) is 1. The lowest BCUT2D eigenvalue weighted by Crippen LogP contribution is -2.33. The van der Waals surface area contributed by atoms with Crippen LogP contribution in [0.15, 0.2) is 24.3 Å². The highest BCUT2D eigenvalue weighted by molar-refractivity contribution is 5.78. The fourth-order valence-electron chi connectivity index (χ4n) is 3.66. The van der Waals surface area contributed by atoms with Crippen LogP contribution >= 0.6 is 0 Å². The summed E-state index contributed by atoms with van der Waals surface area (Å²) in [4.78, 5) is 28.1. The second kappa shape index (κ2) is 8.48. The van der Waals surface area contributed by atoms with E-state index >= 15 is 0 Å². The summed E-state index contributed by atoms with van der Waals surface area (Å²) < 4.78 is 0. The zero-order valence-electron chi connectivity index (χ0n) is 15.2. The number of carbonyl (C=O) groups is 2. The van der Waals surface area contributed by atoms with Gasteiger partial charge in [0.15, 0.2) is 0 Å². The van der Waals surface area contributed by atoms with Crippen LogP contribution in [0.5, 0.6) is 0 Å². The molecule has 2 aliphatic heterocycles. The molecule has 2 amide bonds. The van der Waals surface area contributed by atoms with E-state index in [4.69, 9.17) is 0 Å². The van der Waals surface area contributed by atoms with Gasteiger partial charge in [-0.2, -0.15) is 0 Å². The molecule has 2 saturated heterocycles. The Hall–Kier alpha value is -1.88. The minimum Gasteiger partial charge on any atom is -0.352 e. The van der Waals surface area contributed by atoms with Gasteiger partial charge in [0.2, 0.25) is 11.8 Å². The maximum Gasteiger partial charge on any atom is 0.222 e. The van der Waals surface area contributed by atoms with Crippen LogP contribution in [-0.4, -0.2) is 48.3 Å². The van der Waals surface area contributed by atoms with Crippen LogP contribution in [0.1, 0.15) is 43.2 Å². The fourth-order valence-corrected chi connectivity index (χ4v) is 3.66. The molecule has 0 saturated carbocycles. The number of nitrogens with zero attached hydrogens (tertiary/aromatic N) is 2. The SMILES string of the molecule is CN1CCC(CC(=O)NCc2ccc(CN3CCCC3=O)cc2)CC1. The lowest BCUT2D eigenvalue weighted by Gasteiger charge is -2.28. The Morgan fingerprint density at radius 2 is 1.80 bits per heavy atom. The highest BCUT2D eigenvalue weighted by Gasteiger charge is 2.20. The van der Waals surface area contributed by atoms with E-state index in [2.05, 4.69) is 29.4 Å². The Balaban J connectivity index is 1.40. The van der Waals surface area contributed by atoms with E-state index in [1.165, 1.54) is 0 Å². The van der Waals surface area contributed by atoms with Gasteiger partial charge in [0.05, 0.1) is 0 Å². The Morgan fingerprint density at radius 3 is 2.44 bits per heavy atom. The zero-order chi connectivity index (χ0) is 17.6. The lowest BCUT2D eigenvalue weighted by atomic mass is 9.93. The van der Waals surface area contributed by atoms with Crippen LogP contribution in [0, 0.1) is 5.92 Å². The van der Waals surface area contributed by atoms with Gasteiger partial charge in [-0.25, -0.2) is 0 Å². The maximum absolute atomic E-state index is 12.1. The molecule has 0 bridgehead atoms. The molecular formula is C20H29N3O2. The predicted octanol–water partition coefficient (Wildman–Crippen LogP) is 2.16. The van der Waals surface area contributed by atoms with E-state index in [1.54, 1.807) is 0 Å². The third kappa shape index (κ3) is 5.30. The topological polar surface area (TPSA) is 52.7 Å². The van der Waals surface area contributed by atoms with Gasteiger partial charge in [-0.3, -0.25) is 9.59 Å². The number of hydrogen-bond donors (Lipinski definition) is 1. The summed E-state index contributed by atoms with van der Waals surface area (Å²) >= 11 is 0. The first-order valence-electron chi connectivity index (χ1n) is 9.41. The molecule has 0 aromatic heterocycles. The molecule has 5 nitrogen and oxygen atoms in total. The van der Waals surface area contributed by atoms with Crippen molar-refractivity contribution in [1.29, 1.82) is 0 Å². The van der Waals surface area contributed by atoms with E-state index in [0.717, 1.165) is 50.0 Å². The largest absolute Gasteiger partial charge is 0.352 e. The normalized spacial score (nSPS) is 19.4. The highest BCUT2D eigenvalue weighted by Crippen LogP contribution is 2.19. The first-order valence-corrected chi connectivity index (χ1v) is 9.41. The van der Waals surface area contributed by atoms with Gasteiger partial charge in [0.1, 0.15) is 0 Å². The van der Waals surface area contributed by atoms with Crippen molar-refractivity contribution in [1.82, 2.24) is 15.1 Å². The zero-order valence-corrected chi connectivity index (χ0v) is 15.2. The van der Waals surface area contributed by atoms with Gasteiger partial charge in [-0.15, -0.1) is 0 Å². The molecule has 2 aliphatic rings.